The summed E-state index contributed by atoms with van der Waals surface area (Å²) in [6, 6.07) is 8.30. The maximum atomic E-state index is 13.5. The summed E-state index contributed by atoms with van der Waals surface area (Å²) in [4.78, 5) is 16.3. The molecule has 0 unspecified atom stereocenters. The van der Waals surface area contributed by atoms with Gasteiger partial charge in [0.2, 0.25) is 15.9 Å². The highest BCUT2D eigenvalue weighted by molar-refractivity contribution is 7.89. The summed E-state index contributed by atoms with van der Waals surface area (Å²) in [5, 5.41) is 2.64. The van der Waals surface area contributed by atoms with Crippen molar-refractivity contribution in [2.24, 2.45) is 0 Å². The fourth-order valence-electron chi connectivity index (χ4n) is 2.68. The van der Waals surface area contributed by atoms with E-state index in [9.17, 15) is 22.0 Å². The number of halogens is 2. The Labute approximate surface area is 160 Å². The Morgan fingerprint density at radius 1 is 1.18 bits per heavy atom. The van der Waals surface area contributed by atoms with Gasteiger partial charge in [0.15, 0.2) is 11.6 Å². The number of amides is 1. The molecule has 0 saturated heterocycles. The molecule has 0 aliphatic carbocycles. The van der Waals surface area contributed by atoms with Crippen LogP contribution in [0.4, 0.5) is 8.78 Å². The molecule has 3 aromatic rings. The van der Waals surface area contributed by atoms with Crippen LogP contribution in [0.5, 0.6) is 0 Å². The van der Waals surface area contributed by atoms with Crippen molar-refractivity contribution in [1.82, 2.24) is 19.2 Å². The maximum Gasteiger partial charge on any atom is 0.242 e. The van der Waals surface area contributed by atoms with Gasteiger partial charge >= 0.3 is 0 Å². The number of sulfonamides is 1. The molecular weight excluding hydrogens is 390 g/mol. The van der Waals surface area contributed by atoms with E-state index in [0.29, 0.717) is 5.56 Å². The van der Waals surface area contributed by atoms with Crippen LogP contribution in [-0.2, 0) is 27.9 Å². The van der Waals surface area contributed by atoms with Crippen LogP contribution in [0.25, 0.3) is 11.0 Å². The molecule has 0 aliphatic heterocycles. The van der Waals surface area contributed by atoms with Crippen LogP contribution in [0.1, 0.15) is 5.56 Å². The van der Waals surface area contributed by atoms with E-state index < -0.39 is 27.6 Å². The van der Waals surface area contributed by atoms with Crippen molar-refractivity contribution in [2.75, 3.05) is 14.1 Å². The third-order valence-electron chi connectivity index (χ3n) is 4.18. The van der Waals surface area contributed by atoms with Crippen molar-refractivity contribution in [1.29, 1.82) is 0 Å². The van der Waals surface area contributed by atoms with E-state index in [4.69, 9.17) is 0 Å². The molecule has 0 radical (unpaired) electrons. The number of nitrogens with zero attached hydrogens (tertiary/aromatic N) is 3. The lowest BCUT2D eigenvalue weighted by molar-refractivity contribution is -0.121. The Hall–Kier alpha value is -2.85. The molecule has 1 heterocycles. The largest absolute Gasteiger partial charge is 0.350 e. The molecule has 1 amide bonds. The van der Waals surface area contributed by atoms with Crippen LogP contribution in [0.2, 0.25) is 0 Å². The second kappa shape index (κ2) is 7.64. The van der Waals surface area contributed by atoms with Gasteiger partial charge in [-0.15, -0.1) is 0 Å². The van der Waals surface area contributed by atoms with E-state index in [1.54, 1.807) is 18.2 Å². The molecule has 7 nitrogen and oxygen atoms in total. The molecule has 0 bridgehead atoms. The van der Waals surface area contributed by atoms with Gasteiger partial charge in [0, 0.05) is 32.8 Å². The van der Waals surface area contributed by atoms with E-state index >= 15 is 0 Å². The highest BCUT2D eigenvalue weighted by atomic mass is 32.2. The summed E-state index contributed by atoms with van der Waals surface area (Å²) in [7, 11) is -0.799. The molecule has 10 heteroatoms. The summed E-state index contributed by atoms with van der Waals surface area (Å²) in [6.07, 6.45) is 1.31. The molecule has 28 heavy (non-hydrogen) atoms. The van der Waals surface area contributed by atoms with Crippen molar-refractivity contribution in [3.8, 4) is 0 Å². The van der Waals surface area contributed by atoms with Gasteiger partial charge in [-0.25, -0.2) is 26.5 Å². The zero-order chi connectivity index (χ0) is 20.5. The number of hydrogen-bond acceptors (Lipinski definition) is 4. The van der Waals surface area contributed by atoms with E-state index in [-0.39, 0.29) is 29.0 Å². The summed E-state index contributed by atoms with van der Waals surface area (Å²) in [6.45, 7) is -0.179. The lowest BCUT2D eigenvalue weighted by atomic mass is 10.2. The minimum absolute atomic E-state index is 0.00229. The number of carbonyl (C=O) groups is 1. The van der Waals surface area contributed by atoms with Gasteiger partial charge < -0.3 is 9.88 Å². The highest BCUT2D eigenvalue weighted by Gasteiger charge is 2.21. The SMILES string of the molecule is CN(C)S(=O)(=O)c1ccccc1CNC(=O)Cn1cnc2cc(F)c(F)cc21. The first-order valence-electron chi connectivity index (χ1n) is 8.27. The average molecular weight is 408 g/mol. The number of benzene rings is 2. The summed E-state index contributed by atoms with van der Waals surface area (Å²) in [5.74, 6) is -2.47. The third kappa shape index (κ3) is 3.87. The van der Waals surface area contributed by atoms with E-state index in [0.717, 1.165) is 16.4 Å². The van der Waals surface area contributed by atoms with Crippen LogP contribution in [0.15, 0.2) is 47.6 Å². The van der Waals surface area contributed by atoms with Crippen molar-refractivity contribution in [3.05, 3.63) is 59.9 Å². The minimum atomic E-state index is -3.65. The van der Waals surface area contributed by atoms with Gasteiger partial charge in [-0.05, 0) is 11.6 Å². The van der Waals surface area contributed by atoms with Gasteiger partial charge in [0.25, 0.3) is 0 Å². The van der Waals surface area contributed by atoms with Crippen molar-refractivity contribution >= 4 is 27.0 Å². The van der Waals surface area contributed by atoms with Gasteiger partial charge in [-0.1, -0.05) is 18.2 Å². The number of nitrogens with one attached hydrogen (secondary N) is 1. The van der Waals surface area contributed by atoms with Gasteiger partial charge in [-0.3, -0.25) is 4.79 Å². The van der Waals surface area contributed by atoms with Crippen molar-refractivity contribution in [2.45, 2.75) is 18.0 Å². The van der Waals surface area contributed by atoms with Crippen LogP contribution in [-0.4, -0.2) is 42.3 Å². The molecule has 1 N–H and O–H groups in total. The number of fused-ring (bicyclic) bond motifs is 1. The maximum absolute atomic E-state index is 13.5. The zero-order valence-electron chi connectivity index (χ0n) is 15.2. The third-order valence-corrected chi connectivity index (χ3v) is 6.10. The topological polar surface area (TPSA) is 84.3 Å². The molecule has 0 aliphatic rings. The van der Waals surface area contributed by atoms with E-state index in [1.165, 1.54) is 31.1 Å². The normalized spacial score (nSPS) is 11.9. The molecule has 0 spiro atoms. The second-order valence-electron chi connectivity index (χ2n) is 6.30. The smallest absolute Gasteiger partial charge is 0.242 e. The van der Waals surface area contributed by atoms with Crippen LogP contribution in [0.3, 0.4) is 0 Å². The van der Waals surface area contributed by atoms with Crippen molar-refractivity contribution in [3.63, 3.8) is 0 Å². The number of rotatable bonds is 6. The molecule has 0 atom stereocenters. The highest BCUT2D eigenvalue weighted by Crippen LogP contribution is 2.19. The fraction of sp³-hybridized carbons (Fsp3) is 0.222. The Bertz CT molecular complexity index is 1140. The molecular formula is C18H18F2N4O3S. The summed E-state index contributed by atoms with van der Waals surface area (Å²) >= 11 is 0. The Kier molecular flexibility index (Phi) is 5.43. The first-order chi connectivity index (χ1) is 13.2. The predicted molar refractivity (Wildman–Crippen MR) is 98.8 cm³/mol. The quantitative estimate of drug-likeness (QED) is 0.675. The molecule has 2 aromatic carbocycles. The zero-order valence-corrected chi connectivity index (χ0v) is 16.0. The van der Waals surface area contributed by atoms with Gasteiger partial charge in [0.05, 0.1) is 22.3 Å². The number of imidazole rings is 1. The van der Waals surface area contributed by atoms with Gasteiger partial charge in [0.1, 0.15) is 6.54 Å². The number of aromatic nitrogens is 2. The summed E-state index contributed by atoms with van der Waals surface area (Å²) < 4.78 is 54.0. The van der Waals surface area contributed by atoms with E-state index in [1.807, 2.05) is 0 Å². The summed E-state index contributed by atoms with van der Waals surface area (Å²) in [5.41, 5.74) is 0.951. The second-order valence-corrected chi connectivity index (χ2v) is 8.42. The van der Waals surface area contributed by atoms with Crippen LogP contribution >= 0.6 is 0 Å². The fourth-order valence-corrected chi connectivity index (χ4v) is 3.80. The molecule has 0 fully saturated rings. The molecule has 1 aromatic heterocycles. The average Bonchev–Trinajstić information content (AvgIpc) is 3.02. The predicted octanol–water partition coefficient (Wildman–Crippen LogP) is 1.88. The van der Waals surface area contributed by atoms with Crippen molar-refractivity contribution < 1.29 is 22.0 Å². The Balaban J connectivity index is 1.75. The molecule has 3 rings (SSSR count). The Morgan fingerprint density at radius 2 is 1.86 bits per heavy atom. The first-order valence-corrected chi connectivity index (χ1v) is 9.71. The van der Waals surface area contributed by atoms with Crippen LogP contribution < -0.4 is 5.32 Å². The molecule has 0 saturated carbocycles. The van der Waals surface area contributed by atoms with Gasteiger partial charge in [-0.2, -0.15) is 0 Å². The Morgan fingerprint density at radius 3 is 2.57 bits per heavy atom. The monoisotopic (exact) mass is 408 g/mol. The number of hydrogen-bond donors (Lipinski definition) is 1. The van der Waals surface area contributed by atoms with E-state index in [2.05, 4.69) is 10.3 Å². The minimum Gasteiger partial charge on any atom is -0.350 e. The first kappa shape index (κ1) is 19.9. The lowest BCUT2D eigenvalue weighted by Crippen LogP contribution is -2.29. The lowest BCUT2D eigenvalue weighted by Gasteiger charge is -2.15. The number of carbonyl (C=O) groups excluding carboxylic acids is 1. The molecule has 148 valence electrons. The van der Waals surface area contributed by atoms with Crippen LogP contribution in [0, 0.1) is 11.6 Å². The standard InChI is InChI=1S/C18H18F2N4O3S/c1-23(2)28(26,27)17-6-4-3-5-12(17)9-21-18(25)10-24-11-22-15-7-13(19)14(20)8-16(15)24/h3-8,11H,9-10H2,1-2H3,(H,21,25).